The molecule has 1 aliphatic rings. The molecule has 4 aromatic carbocycles. The van der Waals surface area contributed by atoms with Gasteiger partial charge in [-0.1, -0.05) is 77.7 Å². The summed E-state index contributed by atoms with van der Waals surface area (Å²) in [5, 5.41) is 3.21. The van der Waals surface area contributed by atoms with Crippen LogP contribution in [-0.4, -0.2) is 50.4 Å². The smallest absolute Gasteiger partial charge is 0.264 e. The number of carbonyl (C=O) groups excluding carboxylic acids is 2. The fourth-order valence-electron chi connectivity index (χ4n) is 6.07. The molecule has 4 aromatic rings. The van der Waals surface area contributed by atoms with Crippen LogP contribution < -0.4 is 14.4 Å². The Bertz CT molecular complexity index is 1800. The highest BCUT2D eigenvalue weighted by Gasteiger charge is 2.35. The van der Waals surface area contributed by atoms with E-state index in [2.05, 4.69) is 21.2 Å². The molecule has 11 heteroatoms. The number of hydrogen-bond acceptors (Lipinski definition) is 5. The first-order valence-electron chi connectivity index (χ1n) is 16.5. The van der Waals surface area contributed by atoms with E-state index in [4.69, 9.17) is 4.74 Å². The quantitative estimate of drug-likeness (QED) is 0.146. The van der Waals surface area contributed by atoms with Crippen molar-refractivity contribution in [3.05, 3.63) is 125 Å². The predicted molar refractivity (Wildman–Crippen MR) is 192 cm³/mol. The molecule has 0 heterocycles. The third kappa shape index (κ3) is 9.70. The van der Waals surface area contributed by atoms with E-state index in [1.807, 2.05) is 61.5 Å². The molecule has 0 unspecified atom stereocenters. The number of amides is 2. The maximum Gasteiger partial charge on any atom is 0.264 e. The van der Waals surface area contributed by atoms with Crippen molar-refractivity contribution in [3.63, 3.8) is 0 Å². The highest BCUT2D eigenvalue weighted by Crippen LogP contribution is 2.28. The maximum absolute atomic E-state index is 14.7. The topological polar surface area (TPSA) is 96.0 Å². The second-order valence-electron chi connectivity index (χ2n) is 12.1. The lowest BCUT2D eigenvalue weighted by molar-refractivity contribution is -0.140. The van der Waals surface area contributed by atoms with Gasteiger partial charge in [0, 0.05) is 23.5 Å². The Kier molecular flexibility index (Phi) is 12.5. The van der Waals surface area contributed by atoms with Gasteiger partial charge < -0.3 is 15.0 Å². The van der Waals surface area contributed by atoms with Crippen molar-refractivity contribution >= 4 is 43.5 Å². The van der Waals surface area contributed by atoms with Crippen molar-refractivity contribution in [2.75, 3.05) is 17.5 Å². The largest absolute Gasteiger partial charge is 0.494 e. The molecular weight excluding hydrogens is 709 g/mol. The van der Waals surface area contributed by atoms with Crippen LogP contribution in [0.4, 0.5) is 10.1 Å². The fraction of sp³-hybridized carbons (Fsp3) is 0.316. The molecule has 8 nitrogen and oxygen atoms in total. The number of benzene rings is 4. The standard InChI is InChI=1S/C38H41BrFN3O5S/c1-2-48-34-20-18-33(19-21-34)43(49(46,47)35-22-16-31(40)17-23-35)27-37(44)42(26-29-12-9-13-30(39)24-29)36(25-28-10-5-3-6-11-28)38(45)41-32-14-7-4-8-15-32/h3,5-6,9-13,16-24,32,36H,2,4,7-8,14-15,25-27H2,1H3,(H,41,45)/t36-/m1/s1. The zero-order valence-corrected chi connectivity index (χ0v) is 29.8. The molecule has 1 atom stereocenters. The average Bonchev–Trinajstić information content (AvgIpc) is 3.10. The molecule has 258 valence electrons. The predicted octanol–water partition coefficient (Wildman–Crippen LogP) is 7.27. The van der Waals surface area contributed by atoms with E-state index in [-0.39, 0.29) is 35.5 Å². The number of ether oxygens (including phenoxy) is 1. The van der Waals surface area contributed by atoms with E-state index in [0.29, 0.717) is 12.4 Å². The summed E-state index contributed by atoms with van der Waals surface area (Å²) >= 11 is 3.51. The van der Waals surface area contributed by atoms with Gasteiger partial charge in [-0.2, -0.15) is 0 Å². The van der Waals surface area contributed by atoms with E-state index in [1.165, 1.54) is 17.0 Å². The first kappa shape index (κ1) is 36.1. The maximum atomic E-state index is 14.7. The summed E-state index contributed by atoms with van der Waals surface area (Å²) in [6, 6.07) is 26.9. The van der Waals surface area contributed by atoms with Gasteiger partial charge in [-0.25, -0.2) is 12.8 Å². The van der Waals surface area contributed by atoms with Crippen LogP contribution in [0.5, 0.6) is 5.75 Å². The molecule has 0 saturated heterocycles. The number of rotatable bonds is 14. The summed E-state index contributed by atoms with van der Waals surface area (Å²) < 4.78 is 49.6. The van der Waals surface area contributed by atoms with Crippen LogP contribution in [0.3, 0.4) is 0 Å². The van der Waals surface area contributed by atoms with Gasteiger partial charge in [0.25, 0.3) is 10.0 Å². The lowest BCUT2D eigenvalue weighted by atomic mass is 9.94. The molecule has 0 aromatic heterocycles. The SMILES string of the molecule is CCOc1ccc(N(CC(=O)N(Cc2cccc(Br)c2)[C@H](Cc2ccccc2)C(=O)NC2CCCCC2)S(=O)(=O)c2ccc(F)cc2)cc1. The van der Waals surface area contributed by atoms with Crippen molar-refractivity contribution in [2.45, 2.75) is 69.0 Å². The number of hydrogen-bond donors (Lipinski definition) is 1. The Hall–Kier alpha value is -4.22. The third-order valence-corrected chi connectivity index (χ3v) is 10.9. The van der Waals surface area contributed by atoms with Gasteiger partial charge in [-0.3, -0.25) is 13.9 Å². The lowest BCUT2D eigenvalue weighted by Gasteiger charge is -2.35. The molecule has 1 N–H and O–H groups in total. The molecule has 5 rings (SSSR count). The molecular formula is C38H41BrFN3O5S. The Morgan fingerprint density at radius 1 is 0.898 bits per heavy atom. The molecule has 0 radical (unpaired) electrons. The minimum Gasteiger partial charge on any atom is -0.494 e. The van der Waals surface area contributed by atoms with Gasteiger partial charge in [0.1, 0.15) is 24.2 Å². The molecule has 2 amide bonds. The van der Waals surface area contributed by atoms with Crippen molar-refractivity contribution in [1.29, 1.82) is 0 Å². The molecule has 0 spiro atoms. The zero-order valence-electron chi connectivity index (χ0n) is 27.4. The van der Waals surface area contributed by atoms with Crippen molar-refractivity contribution in [3.8, 4) is 5.75 Å². The molecule has 0 aliphatic heterocycles. The molecule has 1 aliphatic carbocycles. The van der Waals surface area contributed by atoms with E-state index < -0.39 is 34.3 Å². The van der Waals surface area contributed by atoms with Crippen molar-refractivity contribution in [1.82, 2.24) is 10.2 Å². The van der Waals surface area contributed by atoms with Gasteiger partial charge in [0.05, 0.1) is 17.2 Å². The monoisotopic (exact) mass is 749 g/mol. The summed E-state index contributed by atoms with van der Waals surface area (Å²) in [6.45, 7) is 1.71. The van der Waals surface area contributed by atoms with E-state index in [1.54, 1.807) is 24.3 Å². The highest BCUT2D eigenvalue weighted by molar-refractivity contribution is 9.10. The average molecular weight is 751 g/mol. The van der Waals surface area contributed by atoms with Crippen LogP contribution in [0, 0.1) is 5.82 Å². The number of nitrogens with one attached hydrogen (secondary N) is 1. The van der Waals surface area contributed by atoms with Crippen LogP contribution in [-0.2, 0) is 32.6 Å². The van der Waals surface area contributed by atoms with Crippen LogP contribution in [0.25, 0.3) is 0 Å². The Labute approximate surface area is 296 Å². The Morgan fingerprint density at radius 2 is 1.57 bits per heavy atom. The Morgan fingerprint density at radius 3 is 2.22 bits per heavy atom. The number of anilines is 1. The molecule has 0 bridgehead atoms. The lowest BCUT2D eigenvalue weighted by Crippen LogP contribution is -2.55. The number of nitrogens with zero attached hydrogens (tertiary/aromatic N) is 2. The second-order valence-corrected chi connectivity index (χ2v) is 14.9. The normalized spacial score (nSPS) is 14.1. The third-order valence-electron chi connectivity index (χ3n) is 8.58. The minimum absolute atomic E-state index is 0.00144. The van der Waals surface area contributed by atoms with Gasteiger partial charge >= 0.3 is 0 Å². The van der Waals surface area contributed by atoms with Crippen LogP contribution >= 0.6 is 15.9 Å². The van der Waals surface area contributed by atoms with Crippen LogP contribution in [0.15, 0.2) is 112 Å². The van der Waals surface area contributed by atoms with Gasteiger partial charge in [-0.15, -0.1) is 0 Å². The fourth-order valence-corrected chi connectivity index (χ4v) is 7.93. The van der Waals surface area contributed by atoms with E-state index >= 15 is 0 Å². The van der Waals surface area contributed by atoms with Crippen molar-refractivity contribution in [2.24, 2.45) is 0 Å². The van der Waals surface area contributed by atoms with Gasteiger partial charge in [0.15, 0.2) is 0 Å². The van der Waals surface area contributed by atoms with Gasteiger partial charge in [-0.05, 0) is 91.6 Å². The summed E-state index contributed by atoms with van der Waals surface area (Å²) in [6.07, 6.45) is 5.13. The highest BCUT2D eigenvalue weighted by atomic mass is 79.9. The summed E-state index contributed by atoms with van der Waals surface area (Å²) in [7, 11) is -4.36. The summed E-state index contributed by atoms with van der Waals surface area (Å²) in [4.78, 5) is 30.2. The summed E-state index contributed by atoms with van der Waals surface area (Å²) in [5.41, 5.74) is 1.84. The molecule has 49 heavy (non-hydrogen) atoms. The number of halogens is 2. The van der Waals surface area contributed by atoms with Crippen molar-refractivity contribution < 1.29 is 27.1 Å². The van der Waals surface area contributed by atoms with E-state index in [9.17, 15) is 22.4 Å². The molecule has 1 saturated carbocycles. The number of carbonyl (C=O) groups is 2. The van der Waals surface area contributed by atoms with Crippen LogP contribution in [0.2, 0.25) is 0 Å². The first-order chi connectivity index (χ1) is 23.6. The number of sulfonamides is 1. The first-order valence-corrected chi connectivity index (χ1v) is 18.8. The second kappa shape index (κ2) is 16.9. The van der Waals surface area contributed by atoms with Crippen LogP contribution in [0.1, 0.15) is 50.2 Å². The molecule has 1 fully saturated rings. The van der Waals surface area contributed by atoms with E-state index in [0.717, 1.165) is 64.1 Å². The Balaban J connectivity index is 1.56. The minimum atomic E-state index is -4.36. The zero-order chi connectivity index (χ0) is 34.8. The summed E-state index contributed by atoms with van der Waals surface area (Å²) in [5.74, 6) is -0.904. The van der Waals surface area contributed by atoms with Gasteiger partial charge in [0.2, 0.25) is 11.8 Å².